The van der Waals surface area contributed by atoms with Crippen LogP contribution in [0.15, 0.2) is 101 Å². The monoisotopic (exact) mass is 390 g/mol. The van der Waals surface area contributed by atoms with Crippen molar-refractivity contribution in [2.45, 2.75) is 12.0 Å². The van der Waals surface area contributed by atoms with Gasteiger partial charge in [0.25, 0.3) is 5.44 Å². The van der Waals surface area contributed by atoms with Crippen molar-refractivity contribution >= 4 is 40.4 Å². The lowest BCUT2D eigenvalue weighted by Gasteiger charge is -2.25. The zero-order valence-corrected chi connectivity index (χ0v) is 17.1. The summed E-state index contributed by atoms with van der Waals surface area (Å²) in [5.41, 5.74) is 1.05. The summed E-state index contributed by atoms with van der Waals surface area (Å²) in [4.78, 5) is 4.95. The molecule has 4 aromatic rings. The minimum Gasteiger partial charge on any atom is -0.430 e. The number of aromatic nitrogens is 1. The number of benzene rings is 3. The van der Waals surface area contributed by atoms with Gasteiger partial charge in [0.15, 0.2) is 13.2 Å². The second-order valence-corrected chi connectivity index (χ2v) is 10.3. The van der Waals surface area contributed by atoms with Crippen molar-refractivity contribution in [3.63, 3.8) is 0 Å². The predicted octanol–water partition coefficient (Wildman–Crippen LogP) is 4.32. The number of oxazole rings is 1. The number of thioether (sulfide) groups is 1. The summed E-state index contributed by atoms with van der Waals surface area (Å²) < 4.78 is 6.01. The molecule has 2 nitrogen and oxygen atoms in total. The van der Waals surface area contributed by atoms with Gasteiger partial charge in [0, 0.05) is 6.92 Å². The van der Waals surface area contributed by atoms with Gasteiger partial charge in [-0.3, -0.25) is 0 Å². The topological polar surface area (TPSA) is 26.0 Å². The van der Waals surface area contributed by atoms with Crippen LogP contribution < -0.4 is 21.3 Å². The van der Waals surface area contributed by atoms with Gasteiger partial charge >= 0.3 is 0 Å². The Morgan fingerprint density at radius 1 is 0.704 bits per heavy atom. The largest absolute Gasteiger partial charge is 0.430 e. The third-order valence-electron chi connectivity index (χ3n) is 4.62. The summed E-state index contributed by atoms with van der Waals surface area (Å²) in [5.74, 6) is 0.710. The van der Waals surface area contributed by atoms with Gasteiger partial charge in [-0.25, -0.2) is 0 Å². The van der Waals surface area contributed by atoms with E-state index in [1.807, 2.05) is 6.92 Å². The Morgan fingerprint density at radius 3 is 1.48 bits per heavy atom. The molecule has 4 heteroatoms. The van der Waals surface area contributed by atoms with Crippen molar-refractivity contribution in [2.75, 3.05) is 6.26 Å². The molecule has 0 N–H and O–H groups in total. The second-order valence-electron chi connectivity index (χ2n) is 6.23. The first-order valence-corrected chi connectivity index (χ1v) is 11.9. The van der Waals surface area contributed by atoms with Crippen molar-refractivity contribution in [3.8, 4) is 0 Å². The molecule has 4 rings (SSSR count). The van der Waals surface area contributed by atoms with Gasteiger partial charge in [0.1, 0.15) is 15.9 Å². The fraction of sp³-hybridized carbons (Fsp3) is 0.0870. The van der Waals surface area contributed by atoms with Crippen LogP contribution in [0.25, 0.3) is 0 Å². The van der Waals surface area contributed by atoms with E-state index in [9.17, 15) is 0 Å². The minimum atomic E-state index is -2.16. The summed E-state index contributed by atoms with van der Waals surface area (Å²) in [6.45, 7) is 1.93. The highest BCUT2D eigenvalue weighted by Gasteiger charge is 2.52. The van der Waals surface area contributed by atoms with E-state index in [1.165, 1.54) is 15.9 Å². The quantitative estimate of drug-likeness (QED) is 0.375. The molecule has 134 valence electrons. The van der Waals surface area contributed by atoms with E-state index in [4.69, 9.17) is 9.40 Å². The van der Waals surface area contributed by atoms with Crippen molar-refractivity contribution in [3.05, 3.63) is 96.9 Å². The highest BCUT2D eigenvalue weighted by molar-refractivity contribution is 8.04. The molecule has 1 heterocycles. The van der Waals surface area contributed by atoms with Gasteiger partial charge in [-0.15, -0.1) is 0 Å². The average molecular weight is 390 g/mol. The van der Waals surface area contributed by atoms with Gasteiger partial charge in [0.05, 0.1) is 0 Å². The van der Waals surface area contributed by atoms with Crippen molar-refractivity contribution in [2.24, 2.45) is 0 Å². The molecule has 0 unspecified atom stereocenters. The maximum Gasteiger partial charge on any atom is 0.250 e. The van der Waals surface area contributed by atoms with E-state index in [-0.39, 0.29) is 0 Å². The van der Waals surface area contributed by atoms with Gasteiger partial charge in [-0.05, 0) is 42.7 Å². The normalized spacial score (nSPS) is 11.5. The Kier molecular flexibility index (Phi) is 5.15. The highest BCUT2D eigenvalue weighted by Crippen LogP contribution is 2.55. The Balaban J connectivity index is 2.16. The lowest BCUT2D eigenvalue weighted by Crippen LogP contribution is -2.40. The molecule has 1 aromatic heterocycles. The standard InChI is InChI=1S/C23H21NOPS/c1-18-24-22(23(25-18)27-2)26(19-12-6-3-7-13-19,20-14-8-4-9-15-20)21-16-10-5-11-17-21/h3-17H,1-2H3/q+1. The Hall–Kier alpha value is -2.35. The number of nitrogens with zero attached hydrogens (tertiary/aromatic N) is 1. The van der Waals surface area contributed by atoms with Crippen LogP contribution in [0.3, 0.4) is 0 Å². The maximum absolute atomic E-state index is 6.01. The second kappa shape index (κ2) is 7.72. The maximum atomic E-state index is 6.01. The molecule has 0 fully saturated rings. The molecule has 0 saturated heterocycles. The number of aryl methyl sites for hydroxylation is 1. The van der Waals surface area contributed by atoms with Gasteiger partial charge < -0.3 is 4.42 Å². The summed E-state index contributed by atoms with van der Waals surface area (Å²) in [5, 5.41) is 4.75. The first-order chi connectivity index (χ1) is 13.3. The van der Waals surface area contributed by atoms with Crippen molar-refractivity contribution in [1.29, 1.82) is 0 Å². The molecule has 0 saturated carbocycles. The third-order valence-corrected chi connectivity index (χ3v) is 9.58. The van der Waals surface area contributed by atoms with Crippen LogP contribution in [0.4, 0.5) is 0 Å². The smallest absolute Gasteiger partial charge is 0.250 e. The molecular formula is C23H21NOPS+. The average Bonchev–Trinajstić information content (AvgIpc) is 3.12. The van der Waals surface area contributed by atoms with E-state index in [0.29, 0.717) is 5.89 Å². The van der Waals surface area contributed by atoms with Crippen LogP contribution in [0.2, 0.25) is 0 Å². The Labute approximate surface area is 165 Å². The first-order valence-electron chi connectivity index (χ1n) is 8.84. The van der Waals surface area contributed by atoms with Gasteiger partial charge in [-0.1, -0.05) is 66.4 Å². The SMILES string of the molecule is CSc1oc(C)nc1[P+](c1ccccc1)(c1ccccc1)c1ccccc1. The molecule has 0 amide bonds. The van der Waals surface area contributed by atoms with E-state index in [2.05, 4.69) is 97.3 Å². The zero-order chi connectivity index (χ0) is 18.7. The van der Waals surface area contributed by atoms with Crippen molar-refractivity contribution in [1.82, 2.24) is 4.98 Å². The van der Waals surface area contributed by atoms with E-state index >= 15 is 0 Å². The lowest BCUT2D eigenvalue weighted by molar-refractivity contribution is 0.444. The van der Waals surface area contributed by atoms with Gasteiger partial charge in [-0.2, -0.15) is 4.98 Å². The fourth-order valence-corrected chi connectivity index (χ4v) is 8.72. The third kappa shape index (κ3) is 3.12. The predicted molar refractivity (Wildman–Crippen MR) is 118 cm³/mol. The molecule has 0 aliphatic heterocycles. The molecule has 0 radical (unpaired) electrons. The van der Waals surface area contributed by atoms with Crippen LogP contribution in [-0.2, 0) is 0 Å². The van der Waals surface area contributed by atoms with E-state index in [0.717, 1.165) is 10.5 Å². The highest BCUT2D eigenvalue weighted by atomic mass is 32.2. The van der Waals surface area contributed by atoms with Gasteiger partial charge in [0.2, 0.25) is 5.09 Å². The Morgan fingerprint density at radius 2 is 1.11 bits per heavy atom. The number of hydrogen-bond acceptors (Lipinski definition) is 3. The molecule has 3 aromatic carbocycles. The van der Waals surface area contributed by atoms with E-state index in [1.54, 1.807) is 11.8 Å². The fourth-order valence-electron chi connectivity index (χ4n) is 3.51. The molecule has 0 atom stereocenters. The summed E-state index contributed by atoms with van der Waals surface area (Å²) in [6.07, 6.45) is 2.05. The molecule has 0 bridgehead atoms. The van der Waals surface area contributed by atoms with E-state index < -0.39 is 7.26 Å². The number of rotatable bonds is 5. The summed E-state index contributed by atoms with van der Waals surface area (Å²) in [7, 11) is -2.16. The lowest BCUT2D eigenvalue weighted by atomic mass is 10.4. The molecular weight excluding hydrogens is 369 g/mol. The first kappa shape index (κ1) is 18.0. The number of hydrogen-bond donors (Lipinski definition) is 0. The van der Waals surface area contributed by atoms with Crippen LogP contribution in [0, 0.1) is 6.92 Å². The summed E-state index contributed by atoms with van der Waals surface area (Å²) >= 11 is 1.63. The Bertz CT molecular complexity index is 920. The van der Waals surface area contributed by atoms with Crippen LogP contribution in [0.5, 0.6) is 0 Å². The molecule has 0 spiro atoms. The van der Waals surface area contributed by atoms with Crippen LogP contribution in [0.1, 0.15) is 5.89 Å². The minimum absolute atomic E-state index is 0.710. The molecule has 0 aliphatic rings. The van der Waals surface area contributed by atoms with Crippen molar-refractivity contribution < 1.29 is 4.42 Å². The molecule has 27 heavy (non-hydrogen) atoms. The molecule has 0 aliphatic carbocycles. The van der Waals surface area contributed by atoms with Crippen LogP contribution >= 0.6 is 19.0 Å². The zero-order valence-electron chi connectivity index (χ0n) is 15.4. The summed E-state index contributed by atoms with van der Waals surface area (Å²) in [6, 6.07) is 32.2. The van der Waals surface area contributed by atoms with Crippen LogP contribution in [-0.4, -0.2) is 11.2 Å².